The first kappa shape index (κ1) is 20.2. The standard InChI is InChI=1S/C21H22N4O4/c1-13(26)15-5-4-6-16(11-15)23-21(28)24-17-7-8-19-18(12-17)20(27)25(9-10-29-3)14(2)22-19/h4-8,11-12H,9-10H2,1-3H3,(H2,23,24,28). The fraction of sp³-hybridized carbons (Fsp3) is 0.238. The second kappa shape index (κ2) is 8.66. The normalized spacial score (nSPS) is 10.7. The third-order valence-corrected chi connectivity index (χ3v) is 4.45. The van der Waals surface area contributed by atoms with E-state index >= 15 is 0 Å². The highest BCUT2D eigenvalue weighted by Crippen LogP contribution is 2.17. The van der Waals surface area contributed by atoms with E-state index in [1.165, 1.54) is 6.92 Å². The second-order valence-electron chi connectivity index (χ2n) is 6.56. The number of Topliss-reactive ketones (excluding diaryl/α,β-unsaturated/α-hetero) is 1. The van der Waals surface area contributed by atoms with E-state index in [1.54, 1.807) is 61.1 Å². The van der Waals surface area contributed by atoms with E-state index in [0.717, 1.165) is 0 Å². The highest BCUT2D eigenvalue weighted by Gasteiger charge is 2.10. The zero-order valence-electron chi connectivity index (χ0n) is 16.5. The first-order valence-electron chi connectivity index (χ1n) is 9.08. The van der Waals surface area contributed by atoms with Crippen molar-refractivity contribution in [1.82, 2.24) is 9.55 Å². The Morgan fingerprint density at radius 1 is 1.10 bits per heavy atom. The molecular formula is C21H22N4O4. The van der Waals surface area contributed by atoms with Crippen LogP contribution < -0.4 is 16.2 Å². The van der Waals surface area contributed by atoms with Crippen molar-refractivity contribution in [2.75, 3.05) is 24.4 Å². The summed E-state index contributed by atoms with van der Waals surface area (Å²) in [5.41, 5.74) is 1.82. The van der Waals surface area contributed by atoms with Crippen LogP contribution in [0.5, 0.6) is 0 Å². The predicted octanol–water partition coefficient (Wildman–Crippen LogP) is 3.20. The van der Waals surface area contributed by atoms with Gasteiger partial charge in [0, 0.05) is 24.0 Å². The Morgan fingerprint density at radius 3 is 2.52 bits per heavy atom. The van der Waals surface area contributed by atoms with E-state index in [9.17, 15) is 14.4 Å². The summed E-state index contributed by atoms with van der Waals surface area (Å²) < 4.78 is 6.59. The number of hydrogen-bond acceptors (Lipinski definition) is 5. The molecule has 8 nitrogen and oxygen atoms in total. The summed E-state index contributed by atoms with van der Waals surface area (Å²) >= 11 is 0. The third kappa shape index (κ3) is 4.67. The Hall–Kier alpha value is -3.52. The number of carbonyl (C=O) groups excluding carboxylic acids is 2. The topological polar surface area (TPSA) is 102 Å². The van der Waals surface area contributed by atoms with Gasteiger partial charge in [0.05, 0.1) is 24.1 Å². The molecule has 8 heteroatoms. The van der Waals surface area contributed by atoms with Crippen molar-refractivity contribution in [3.8, 4) is 0 Å². The van der Waals surface area contributed by atoms with Crippen molar-refractivity contribution in [2.24, 2.45) is 0 Å². The molecule has 2 amide bonds. The SMILES string of the molecule is COCCn1c(C)nc2ccc(NC(=O)Nc3cccc(C(C)=O)c3)cc2c1=O. The van der Waals surface area contributed by atoms with Gasteiger partial charge in [0.2, 0.25) is 0 Å². The fourth-order valence-electron chi connectivity index (χ4n) is 2.96. The van der Waals surface area contributed by atoms with Gasteiger partial charge in [-0.1, -0.05) is 12.1 Å². The monoisotopic (exact) mass is 394 g/mol. The predicted molar refractivity (Wildman–Crippen MR) is 112 cm³/mol. The number of aryl methyl sites for hydroxylation is 1. The van der Waals surface area contributed by atoms with Crippen molar-refractivity contribution in [3.63, 3.8) is 0 Å². The molecule has 0 aliphatic heterocycles. The lowest BCUT2D eigenvalue weighted by atomic mass is 10.1. The van der Waals surface area contributed by atoms with Gasteiger partial charge >= 0.3 is 6.03 Å². The van der Waals surface area contributed by atoms with Crippen molar-refractivity contribution in [3.05, 3.63) is 64.2 Å². The molecule has 0 atom stereocenters. The number of rotatable bonds is 6. The van der Waals surface area contributed by atoms with E-state index in [1.807, 2.05) is 0 Å². The Morgan fingerprint density at radius 2 is 1.83 bits per heavy atom. The fourth-order valence-corrected chi connectivity index (χ4v) is 2.96. The van der Waals surface area contributed by atoms with Crippen LogP contribution in [0, 0.1) is 6.92 Å². The molecule has 3 rings (SSSR count). The first-order chi connectivity index (χ1) is 13.9. The number of amides is 2. The molecule has 0 saturated carbocycles. The molecule has 150 valence electrons. The molecule has 1 heterocycles. The average molecular weight is 394 g/mol. The number of hydrogen-bond donors (Lipinski definition) is 2. The molecule has 0 radical (unpaired) electrons. The maximum Gasteiger partial charge on any atom is 0.323 e. The molecule has 0 spiro atoms. The Labute approximate surface area is 167 Å². The summed E-state index contributed by atoms with van der Waals surface area (Å²) in [5, 5.41) is 5.78. The lowest BCUT2D eigenvalue weighted by Crippen LogP contribution is -2.26. The number of benzene rings is 2. The molecule has 29 heavy (non-hydrogen) atoms. The number of urea groups is 1. The maximum atomic E-state index is 12.8. The molecule has 2 N–H and O–H groups in total. The molecule has 3 aromatic rings. The minimum atomic E-state index is -0.482. The Kier molecular flexibility index (Phi) is 6.04. The molecule has 0 fully saturated rings. The van der Waals surface area contributed by atoms with Crippen LogP contribution in [0.15, 0.2) is 47.3 Å². The first-order valence-corrected chi connectivity index (χ1v) is 9.08. The number of ether oxygens (including phenoxy) is 1. The van der Waals surface area contributed by atoms with E-state index in [4.69, 9.17) is 4.74 Å². The van der Waals surface area contributed by atoms with Gasteiger partial charge in [-0.05, 0) is 44.2 Å². The smallest absolute Gasteiger partial charge is 0.323 e. The molecule has 0 saturated heterocycles. The molecule has 0 bridgehead atoms. The van der Waals surface area contributed by atoms with Crippen LogP contribution in [0.1, 0.15) is 23.1 Å². The number of nitrogens with zero attached hydrogens (tertiary/aromatic N) is 2. The van der Waals surface area contributed by atoms with Crippen molar-refractivity contribution in [2.45, 2.75) is 20.4 Å². The minimum absolute atomic E-state index is 0.0869. The van der Waals surface area contributed by atoms with E-state index in [-0.39, 0.29) is 11.3 Å². The van der Waals surface area contributed by atoms with Gasteiger partial charge in [-0.15, -0.1) is 0 Å². The van der Waals surface area contributed by atoms with Gasteiger partial charge in [0.15, 0.2) is 5.78 Å². The number of methoxy groups -OCH3 is 1. The summed E-state index contributed by atoms with van der Waals surface area (Å²) in [4.78, 5) is 41.0. The van der Waals surface area contributed by atoms with E-state index in [2.05, 4.69) is 15.6 Å². The van der Waals surface area contributed by atoms with Gasteiger partial charge in [-0.2, -0.15) is 0 Å². The van der Waals surface area contributed by atoms with Gasteiger partial charge in [0.25, 0.3) is 5.56 Å². The van der Waals surface area contributed by atoms with Gasteiger partial charge in [-0.25, -0.2) is 9.78 Å². The third-order valence-electron chi connectivity index (χ3n) is 4.45. The van der Waals surface area contributed by atoms with Crippen LogP contribution in [-0.4, -0.2) is 35.1 Å². The number of fused-ring (bicyclic) bond motifs is 1. The largest absolute Gasteiger partial charge is 0.383 e. The quantitative estimate of drug-likeness (QED) is 0.625. The van der Waals surface area contributed by atoms with Gasteiger partial charge in [0.1, 0.15) is 5.82 Å². The van der Waals surface area contributed by atoms with Crippen LogP contribution in [-0.2, 0) is 11.3 Å². The molecular weight excluding hydrogens is 372 g/mol. The Bertz CT molecular complexity index is 1140. The molecule has 0 aliphatic carbocycles. The average Bonchev–Trinajstić information content (AvgIpc) is 2.68. The second-order valence-corrected chi connectivity index (χ2v) is 6.56. The van der Waals surface area contributed by atoms with Gasteiger partial charge < -0.3 is 15.4 Å². The lowest BCUT2D eigenvalue weighted by Gasteiger charge is -2.12. The number of anilines is 2. The summed E-state index contributed by atoms with van der Waals surface area (Å²) in [6.45, 7) is 4.02. The van der Waals surface area contributed by atoms with Crippen LogP contribution >= 0.6 is 0 Å². The van der Waals surface area contributed by atoms with Crippen molar-refractivity contribution < 1.29 is 14.3 Å². The number of carbonyl (C=O) groups is 2. The number of nitrogens with one attached hydrogen (secondary N) is 2. The Balaban J connectivity index is 1.83. The van der Waals surface area contributed by atoms with Crippen LogP contribution in [0.25, 0.3) is 10.9 Å². The molecule has 0 unspecified atom stereocenters. The lowest BCUT2D eigenvalue weighted by molar-refractivity contribution is 0.101. The zero-order chi connectivity index (χ0) is 21.0. The van der Waals surface area contributed by atoms with Crippen LogP contribution in [0.2, 0.25) is 0 Å². The maximum absolute atomic E-state index is 12.8. The minimum Gasteiger partial charge on any atom is -0.383 e. The summed E-state index contributed by atoms with van der Waals surface area (Å²) in [5.74, 6) is 0.513. The van der Waals surface area contributed by atoms with Gasteiger partial charge in [-0.3, -0.25) is 14.2 Å². The van der Waals surface area contributed by atoms with Crippen LogP contribution in [0.4, 0.5) is 16.2 Å². The number of aromatic nitrogens is 2. The highest BCUT2D eigenvalue weighted by molar-refractivity contribution is 6.02. The molecule has 1 aromatic heterocycles. The summed E-state index contributed by atoms with van der Waals surface area (Å²) in [6.07, 6.45) is 0. The van der Waals surface area contributed by atoms with E-state index in [0.29, 0.717) is 46.8 Å². The zero-order valence-corrected chi connectivity index (χ0v) is 16.5. The van der Waals surface area contributed by atoms with E-state index < -0.39 is 6.03 Å². The van der Waals surface area contributed by atoms with Crippen LogP contribution in [0.3, 0.4) is 0 Å². The summed E-state index contributed by atoms with van der Waals surface area (Å²) in [6, 6.07) is 11.1. The molecule has 0 aliphatic rings. The van der Waals surface area contributed by atoms with Crippen molar-refractivity contribution in [1.29, 1.82) is 0 Å². The number of ketones is 1. The van der Waals surface area contributed by atoms with Crippen molar-refractivity contribution >= 4 is 34.1 Å². The summed E-state index contributed by atoms with van der Waals surface area (Å²) in [7, 11) is 1.57. The highest BCUT2D eigenvalue weighted by atomic mass is 16.5. The molecule has 2 aromatic carbocycles.